The number of aryl methyl sites for hydroxylation is 1. The van der Waals surface area contributed by atoms with Gasteiger partial charge in [-0.25, -0.2) is 4.79 Å². The molecule has 156 valence electrons. The molecule has 1 aromatic carbocycles. The van der Waals surface area contributed by atoms with Crippen LogP contribution in [0.1, 0.15) is 32.4 Å². The van der Waals surface area contributed by atoms with Crippen LogP contribution in [0.4, 0.5) is 10.5 Å². The van der Waals surface area contributed by atoms with Gasteiger partial charge >= 0.3 is 6.03 Å². The van der Waals surface area contributed by atoms with Gasteiger partial charge in [0.1, 0.15) is 6.54 Å². The van der Waals surface area contributed by atoms with Gasteiger partial charge in [-0.2, -0.15) is 0 Å². The number of aromatic nitrogens is 1. The number of rotatable bonds is 8. The summed E-state index contributed by atoms with van der Waals surface area (Å²) in [6.07, 6.45) is 4.05. The van der Waals surface area contributed by atoms with Crippen LogP contribution in [0.2, 0.25) is 0 Å². The van der Waals surface area contributed by atoms with Crippen molar-refractivity contribution < 1.29 is 9.59 Å². The second-order valence-corrected chi connectivity index (χ2v) is 8.99. The normalized spacial score (nSPS) is 13.4. The first kappa shape index (κ1) is 21.4. The number of hydrogen-bond acceptors (Lipinski definition) is 2. The Hall–Kier alpha value is -2.28. The molecule has 0 saturated heterocycles. The Kier molecular flexibility index (Phi) is 7.00. The third-order valence-corrected chi connectivity index (χ3v) is 5.46. The Bertz CT molecular complexity index is 860. The van der Waals surface area contributed by atoms with E-state index < -0.39 is 0 Å². The quantitative estimate of drug-likeness (QED) is 0.631. The lowest BCUT2D eigenvalue weighted by Gasteiger charge is -2.29. The van der Waals surface area contributed by atoms with E-state index in [1.165, 1.54) is 0 Å². The van der Waals surface area contributed by atoms with Crippen LogP contribution in [0.25, 0.3) is 0 Å². The number of urea groups is 1. The molecule has 1 heterocycles. The Morgan fingerprint density at radius 2 is 2.00 bits per heavy atom. The zero-order chi connectivity index (χ0) is 21.0. The van der Waals surface area contributed by atoms with Crippen LogP contribution in [-0.4, -0.2) is 45.4 Å². The predicted octanol–water partition coefficient (Wildman–Crippen LogP) is 4.47. The van der Waals surface area contributed by atoms with E-state index in [4.69, 9.17) is 0 Å². The Balaban J connectivity index is 1.69. The third kappa shape index (κ3) is 6.10. The summed E-state index contributed by atoms with van der Waals surface area (Å²) in [7, 11) is 1.99. The van der Waals surface area contributed by atoms with Gasteiger partial charge < -0.3 is 19.7 Å². The minimum atomic E-state index is -0.250. The van der Waals surface area contributed by atoms with Gasteiger partial charge in [-0.1, -0.05) is 35.8 Å². The van der Waals surface area contributed by atoms with Gasteiger partial charge in [0.05, 0.1) is 6.54 Å². The Labute approximate surface area is 181 Å². The van der Waals surface area contributed by atoms with E-state index >= 15 is 0 Å². The van der Waals surface area contributed by atoms with Crippen LogP contribution in [-0.2, 0) is 18.4 Å². The van der Waals surface area contributed by atoms with Crippen LogP contribution >= 0.6 is 15.9 Å². The largest absolute Gasteiger partial charge is 0.353 e. The smallest absolute Gasteiger partial charge is 0.322 e. The van der Waals surface area contributed by atoms with E-state index in [2.05, 4.69) is 21.2 Å². The fourth-order valence-corrected chi connectivity index (χ4v) is 3.72. The fourth-order valence-electron chi connectivity index (χ4n) is 3.33. The van der Waals surface area contributed by atoms with E-state index in [1.807, 2.05) is 73.0 Å². The molecule has 0 unspecified atom stereocenters. The maximum Gasteiger partial charge on any atom is 0.322 e. The summed E-state index contributed by atoms with van der Waals surface area (Å²) in [4.78, 5) is 29.6. The Morgan fingerprint density at radius 1 is 1.24 bits per heavy atom. The molecule has 7 heteroatoms. The summed E-state index contributed by atoms with van der Waals surface area (Å²) in [6.45, 7) is 5.28. The molecule has 1 saturated carbocycles. The summed E-state index contributed by atoms with van der Waals surface area (Å²) >= 11 is 3.42. The van der Waals surface area contributed by atoms with Crippen LogP contribution in [0.5, 0.6) is 0 Å². The predicted molar refractivity (Wildman–Crippen MR) is 119 cm³/mol. The number of carbonyl (C=O) groups excluding carboxylic acids is 2. The van der Waals surface area contributed by atoms with Gasteiger partial charge in [0.15, 0.2) is 0 Å². The van der Waals surface area contributed by atoms with Crippen molar-refractivity contribution in [2.45, 2.75) is 39.3 Å². The molecule has 1 aromatic heterocycles. The van der Waals surface area contributed by atoms with E-state index in [-0.39, 0.29) is 30.4 Å². The lowest BCUT2D eigenvalue weighted by Crippen LogP contribution is -2.46. The number of nitrogens with one attached hydrogen (secondary N) is 1. The standard InChI is InChI=1S/C22H29BrN4O2/c1-16(2)13-26(22(29)24-18-7-4-6-17(23)12-18)15-21(28)27(19-9-10-19)14-20-8-5-11-25(20)3/h4-8,11-12,16,19H,9-10,13-15H2,1-3H3,(H,24,29). The molecule has 0 atom stereocenters. The molecule has 1 aliphatic carbocycles. The zero-order valence-electron chi connectivity index (χ0n) is 17.3. The van der Waals surface area contributed by atoms with E-state index in [0.717, 1.165) is 23.0 Å². The summed E-state index contributed by atoms with van der Waals surface area (Å²) < 4.78 is 2.93. The lowest BCUT2D eigenvalue weighted by atomic mass is 10.2. The first-order valence-electron chi connectivity index (χ1n) is 10.0. The molecule has 1 fully saturated rings. The average Bonchev–Trinajstić information content (AvgIpc) is 3.41. The minimum absolute atomic E-state index is 0.00116. The molecule has 2 aromatic rings. The highest BCUT2D eigenvalue weighted by atomic mass is 79.9. The van der Waals surface area contributed by atoms with E-state index in [1.54, 1.807) is 4.90 Å². The summed E-state index contributed by atoms with van der Waals surface area (Å²) in [5.74, 6) is 0.261. The highest BCUT2D eigenvalue weighted by molar-refractivity contribution is 9.10. The highest BCUT2D eigenvalue weighted by Crippen LogP contribution is 2.28. The second kappa shape index (κ2) is 9.48. The molecular formula is C22H29BrN4O2. The monoisotopic (exact) mass is 460 g/mol. The number of hydrogen-bond donors (Lipinski definition) is 1. The number of halogens is 1. The number of carbonyl (C=O) groups is 2. The second-order valence-electron chi connectivity index (χ2n) is 8.08. The van der Waals surface area contributed by atoms with Crippen molar-refractivity contribution in [3.63, 3.8) is 0 Å². The maximum atomic E-state index is 13.2. The molecule has 3 amide bonds. The van der Waals surface area contributed by atoms with Crippen molar-refractivity contribution in [3.05, 3.63) is 52.8 Å². The van der Waals surface area contributed by atoms with Crippen molar-refractivity contribution in [1.29, 1.82) is 0 Å². The molecular weight excluding hydrogens is 432 g/mol. The molecule has 0 aliphatic heterocycles. The summed E-state index contributed by atoms with van der Waals surface area (Å²) in [5.41, 5.74) is 1.80. The van der Waals surface area contributed by atoms with Crippen LogP contribution < -0.4 is 5.32 Å². The summed E-state index contributed by atoms with van der Waals surface area (Å²) in [6, 6.07) is 11.5. The molecule has 1 N–H and O–H groups in total. The van der Waals surface area contributed by atoms with E-state index in [9.17, 15) is 9.59 Å². The van der Waals surface area contributed by atoms with Gasteiger partial charge in [-0.3, -0.25) is 4.79 Å². The van der Waals surface area contributed by atoms with Gasteiger partial charge in [0, 0.05) is 41.7 Å². The van der Waals surface area contributed by atoms with Crippen molar-refractivity contribution in [3.8, 4) is 0 Å². The van der Waals surface area contributed by atoms with Crippen molar-refractivity contribution in [2.24, 2.45) is 13.0 Å². The van der Waals surface area contributed by atoms with Gasteiger partial charge in [0.25, 0.3) is 0 Å². The molecule has 6 nitrogen and oxygen atoms in total. The van der Waals surface area contributed by atoms with Crippen molar-refractivity contribution in [1.82, 2.24) is 14.4 Å². The van der Waals surface area contributed by atoms with E-state index in [0.29, 0.717) is 18.8 Å². The minimum Gasteiger partial charge on any atom is -0.353 e. The molecule has 0 spiro atoms. The van der Waals surface area contributed by atoms with Crippen LogP contribution in [0.3, 0.4) is 0 Å². The van der Waals surface area contributed by atoms with Crippen molar-refractivity contribution >= 4 is 33.6 Å². The highest BCUT2D eigenvalue weighted by Gasteiger charge is 2.34. The maximum absolute atomic E-state index is 13.2. The molecule has 1 aliphatic rings. The molecule has 29 heavy (non-hydrogen) atoms. The summed E-state index contributed by atoms with van der Waals surface area (Å²) in [5, 5.41) is 2.91. The first-order chi connectivity index (χ1) is 13.8. The third-order valence-electron chi connectivity index (χ3n) is 4.97. The molecule has 0 radical (unpaired) electrons. The SMILES string of the molecule is CC(C)CN(CC(=O)N(Cc1cccn1C)C1CC1)C(=O)Nc1cccc(Br)c1. The molecule has 3 rings (SSSR count). The van der Waals surface area contributed by atoms with Gasteiger partial charge in [0.2, 0.25) is 5.91 Å². The number of anilines is 1. The zero-order valence-corrected chi connectivity index (χ0v) is 18.9. The molecule has 0 bridgehead atoms. The Morgan fingerprint density at radius 3 is 2.59 bits per heavy atom. The number of benzene rings is 1. The van der Waals surface area contributed by atoms with Crippen LogP contribution in [0, 0.1) is 5.92 Å². The fraction of sp³-hybridized carbons (Fsp3) is 0.455. The topological polar surface area (TPSA) is 57.6 Å². The van der Waals surface area contributed by atoms with Gasteiger partial charge in [-0.15, -0.1) is 0 Å². The first-order valence-corrected chi connectivity index (χ1v) is 10.8. The van der Waals surface area contributed by atoms with Crippen molar-refractivity contribution in [2.75, 3.05) is 18.4 Å². The number of amides is 3. The van der Waals surface area contributed by atoms with Gasteiger partial charge in [-0.05, 0) is 49.1 Å². The average molecular weight is 461 g/mol. The number of nitrogens with zero attached hydrogens (tertiary/aromatic N) is 3. The van der Waals surface area contributed by atoms with Crippen LogP contribution in [0.15, 0.2) is 47.1 Å². The lowest BCUT2D eigenvalue weighted by molar-refractivity contribution is -0.133.